The Hall–Kier alpha value is -1.88. The van der Waals surface area contributed by atoms with E-state index in [0.717, 1.165) is 23.7 Å². The lowest BCUT2D eigenvalue weighted by molar-refractivity contribution is 0.375. The minimum Gasteiger partial charge on any atom is -0.367 e. The summed E-state index contributed by atoms with van der Waals surface area (Å²) in [7, 11) is 1.89. The van der Waals surface area contributed by atoms with Gasteiger partial charge in [-0.05, 0) is 24.7 Å². The first-order chi connectivity index (χ1) is 9.19. The molecule has 0 saturated heterocycles. The molecule has 19 heavy (non-hydrogen) atoms. The van der Waals surface area contributed by atoms with Gasteiger partial charge in [0.2, 0.25) is 0 Å². The molecule has 1 heterocycles. The molecule has 1 aromatic heterocycles. The molecule has 0 bridgehead atoms. The molecule has 0 spiro atoms. The second kappa shape index (κ2) is 6.33. The van der Waals surface area contributed by atoms with Gasteiger partial charge >= 0.3 is 0 Å². The van der Waals surface area contributed by atoms with Gasteiger partial charge < -0.3 is 14.7 Å². The van der Waals surface area contributed by atoms with E-state index in [1.165, 1.54) is 12.1 Å². The molecular formula is C14H18FN3O. The summed E-state index contributed by atoms with van der Waals surface area (Å²) in [6.07, 6.45) is 0. The van der Waals surface area contributed by atoms with E-state index in [1.54, 1.807) is 6.07 Å². The van der Waals surface area contributed by atoms with Crippen LogP contribution in [0.5, 0.6) is 0 Å². The van der Waals surface area contributed by atoms with Gasteiger partial charge in [-0.3, -0.25) is 0 Å². The van der Waals surface area contributed by atoms with E-state index in [1.807, 2.05) is 31.0 Å². The van der Waals surface area contributed by atoms with Gasteiger partial charge in [-0.15, -0.1) is 0 Å². The number of hydrogen-bond acceptors (Lipinski definition) is 4. The standard InChI is InChI=1S/C14H18FN3O/c1-3-16-9-12-8-14(19-17-12)10-18(2)13-6-4-5-11(15)7-13/h4-8,16H,3,9-10H2,1-2H3. The molecule has 0 saturated carbocycles. The molecule has 0 atom stereocenters. The van der Waals surface area contributed by atoms with Crippen LogP contribution in [0.3, 0.4) is 0 Å². The molecule has 0 amide bonds. The maximum Gasteiger partial charge on any atom is 0.156 e. The van der Waals surface area contributed by atoms with Gasteiger partial charge in [0.15, 0.2) is 5.76 Å². The predicted molar refractivity (Wildman–Crippen MR) is 72.4 cm³/mol. The topological polar surface area (TPSA) is 41.3 Å². The second-order valence-electron chi connectivity index (χ2n) is 4.40. The molecule has 0 radical (unpaired) electrons. The molecule has 5 heteroatoms. The van der Waals surface area contributed by atoms with Crippen LogP contribution in [0.2, 0.25) is 0 Å². The van der Waals surface area contributed by atoms with Crippen LogP contribution in [-0.2, 0) is 13.1 Å². The highest BCUT2D eigenvalue weighted by molar-refractivity contribution is 5.45. The predicted octanol–water partition coefficient (Wildman–Crippen LogP) is 2.56. The molecule has 102 valence electrons. The monoisotopic (exact) mass is 263 g/mol. The van der Waals surface area contributed by atoms with Crippen molar-refractivity contribution in [2.75, 3.05) is 18.5 Å². The van der Waals surface area contributed by atoms with Gasteiger partial charge in [0.25, 0.3) is 0 Å². The Labute approximate surface area is 112 Å². The van der Waals surface area contributed by atoms with Gasteiger partial charge in [0.1, 0.15) is 5.82 Å². The first kappa shape index (κ1) is 13.5. The zero-order chi connectivity index (χ0) is 13.7. The molecule has 1 N–H and O–H groups in total. The Kier molecular flexibility index (Phi) is 4.52. The number of aromatic nitrogens is 1. The first-order valence-corrected chi connectivity index (χ1v) is 6.31. The zero-order valence-electron chi connectivity index (χ0n) is 11.2. The maximum atomic E-state index is 13.1. The van der Waals surface area contributed by atoms with Gasteiger partial charge in [0, 0.05) is 25.3 Å². The van der Waals surface area contributed by atoms with Crippen LogP contribution in [0.15, 0.2) is 34.9 Å². The third kappa shape index (κ3) is 3.79. The smallest absolute Gasteiger partial charge is 0.156 e. The number of rotatable bonds is 6. The lowest BCUT2D eigenvalue weighted by Gasteiger charge is -2.17. The average molecular weight is 263 g/mol. The summed E-state index contributed by atoms with van der Waals surface area (Å²) in [4.78, 5) is 1.92. The van der Waals surface area contributed by atoms with Crippen molar-refractivity contribution in [1.82, 2.24) is 10.5 Å². The molecule has 0 aliphatic heterocycles. The van der Waals surface area contributed by atoms with E-state index >= 15 is 0 Å². The van der Waals surface area contributed by atoms with Crippen LogP contribution in [0.25, 0.3) is 0 Å². The Morgan fingerprint density at radius 1 is 1.37 bits per heavy atom. The van der Waals surface area contributed by atoms with Crippen molar-refractivity contribution >= 4 is 5.69 Å². The fourth-order valence-corrected chi connectivity index (χ4v) is 1.81. The van der Waals surface area contributed by atoms with Gasteiger partial charge in [-0.2, -0.15) is 0 Å². The quantitative estimate of drug-likeness (QED) is 0.869. The van der Waals surface area contributed by atoms with E-state index in [0.29, 0.717) is 13.1 Å². The summed E-state index contributed by atoms with van der Waals surface area (Å²) in [6, 6.07) is 8.39. The van der Waals surface area contributed by atoms with E-state index in [9.17, 15) is 4.39 Å². The molecule has 2 rings (SSSR count). The van der Waals surface area contributed by atoms with Crippen molar-refractivity contribution in [2.45, 2.75) is 20.0 Å². The van der Waals surface area contributed by atoms with Crippen molar-refractivity contribution in [3.05, 3.63) is 47.6 Å². The fourth-order valence-electron chi connectivity index (χ4n) is 1.81. The normalized spacial score (nSPS) is 10.7. The average Bonchev–Trinajstić information content (AvgIpc) is 2.84. The molecule has 0 unspecified atom stereocenters. The Bertz CT molecular complexity index is 527. The molecule has 0 aliphatic rings. The lowest BCUT2D eigenvalue weighted by atomic mass is 10.2. The van der Waals surface area contributed by atoms with Crippen LogP contribution in [0.4, 0.5) is 10.1 Å². The van der Waals surface area contributed by atoms with Gasteiger partial charge in [-0.25, -0.2) is 4.39 Å². The van der Waals surface area contributed by atoms with Crippen LogP contribution in [0, 0.1) is 5.82 Å². The number of nitrogens with one attached hydrogen (secondary N) is 1. The van der Waals surface area contributed by atoms with Crippen molar-refractivity contribution in [3.8, 4) is 0 Å². The van der Waals surface area contributed by atoms with E-state index in [-0.39, 0.29) is 5.82 Å². The maximum absolute atomic E-state index is 13.1. The highest BCUT2D eigenvalue weighted by atomic mass is 19.1. The van der Waals surface area contributed by atoms with Crippen molar-refractivity contribution in [2.24, 2.45) is 0 Å². The number of hydrogen-bond donors (Lipinski definition) is 1. The minimum atomic E-state index is -0.241. The van der Waals surface area contributed by atoms with Crippen molar-refractivity contribution < 1.29 is 8.91 Å². The zero-order valence-corrected chi connectivity index (χ0v) is 11.2. The molecule has 0 fully saturated rings. The van der Waals surface area contributed by atoms with Crippen molar-refractivity contribution in [3.63, 3.8) is 0 Å². The van der Waals surface area contributed by atoms with E-state index in [2.05, 4.69) is 10.5 Å². The van der Waals surface area contributed by atoms with Gasteiger partial charge in [-0.1, -0.05) is 18.1 Å². The summed E-state index contributed by atoms with van der Waals surface area (Å²) in [5.41, 5.74) is 1.69. The lowest BCUT2D eigenvalue weighted by Crippen LogP contribution is -2.16. The number of nitrogens with zero attached hydrogens (tertiary/aromatic N) is 2. The summed E-state index contributed by atoms with van der Waals surface area (Å²) in [5.74, 6) is 0.523. The van der Waals surface area contributed by atoms with Crippen LogP contribution < -0.4 is 10.2 Å². The first-order valence-electron chi connectivity index (χ1n) is 6.31. The fraction of sp³-hybridized carbons (Fsp3) is 0.357. The highest BCUT2D eigenvalue weighted by Gasteiger charge is 2.08. The summed E-state index contributed by atoms with van der Waals surface area (Å²) >= 11 is 0. The Morgan fingerprint density at radius 3 is 2.95 bits per heavy atom. The molecule has 4 nitrogen and oxygen atoms in total. The van der Waals surface area contributed by atoms with Crippen molar-refractivity contribution in [1.29, 1.82) is 0 Å². The third-order valence-electron chi connectivity index (χ3n) is 2.81. The molecular weight excluding hydrogens is 245 g/mol. The summed E-state index contributed by atoms with van der Waals surface area (Å²) < 4.78 is 18.4. The largest absolute Gasteiger partial charge is 0.367 e. The molecule has 1 aromatic carbocycles. The number of anilines is 1. The van der Waals surface area contributed by atoms with E-state index in [4.69, 9.17) is 4.52 Å². The van der Waals surface area contributed by atoms with Crippen LogP contribution in [-0.4, -0.2) is 18.7 Å². The van der Waals surface area contributed by atoms with Crippen LogP contribution >= 0.6 is 0 Å². The number of benzene rings is 1. The number of halogens is 1. The van der Waals surface area contributed by atoms with Gasteiger partial charge in [0.05, 0.1) is 12.2 Å². The third-order valence-corrected chi connectivity index (χ3v) is 2.81. The highest BCUT2D eigenvalue weighted by Crippen LogP contribution is 2.17. The van der Waals surface area contributed by atoms with Crippen LogP contribution in [0.1, 0.15) is 18.4 Å². The minimum absolute atomic E-state index is 0.241. The summed E-state index contributed by atoms with van der Waals surface area (Å²) in [6.45, 7) is 4.19. The molecule has 2 aromatic rings. The summed E-state index contributed by atoms with van der Waals surface area (Å²) in [5, 5.41) is 7.16. The Morgan fingerprint density at radius 2 is 2.21 bits per heavy atom. The Balaban J connectivity index is 1.98. The van der Waals surface area contributed by atoms with E-state index < -0.39 is 0 Å². The second-order valence-corrected chi connectivity index (χ2v) is 4.40. The molecule has 0 aliphatic carbocycles. The SMILES string of the molecule is CCNCc1cc(CN(C)c2cccc(F)c2)on1.